The molecular weight excluding hydrogens is 174 g/mol. The van der Waals surface area contributed by atoms with Crippen LogP contribution in [0.1, 0.15) is 19.8 Å². The topological polar surface area (TPSA) is 20.3 Å². The molecule has 0 radical (unpaired) electrons. The third-order valence-corrected chi connectivity index (χ3v) is 2.77. The molecule has 0 aliphatic carbocycles. The number of piperidine rings is 1. The Labute approximate surface area is 84.5 Å². The molecule has 0 saturated carbocycles. The second-order valence-corrected chi connectivity index (χ2v) is 3.87. The highest BCUT2D eigenvalue weighted by atomic mass is 16.1. The molecule has 0 unspecified atom stereocenters. The van der Waals surface area contributed by atoms with E-state index >= 15 is 0 Å². The molecule has 1 aliphatic heterocycles. The van der Waals surface area contributed by atoms with Crippen LogP contribution in [0.3, 0.4) is 0 Å². The monoisotopic (exact) mass is 189 g/mol. The van der Waals surface area contributed by atoms with Gasteiger partial charge < -0.3 is 4.90 Å². The first-order valence-electron chi connectivity index (χ1n) is 5.11. The van der Waals surface area contributed by atoms with Crippen molar-refractivity contribution in [1.29, 1.82) is 0 Å². The lowest BCUT2D eigenvalue weighted by Gasteiger charge is -2.34. The summed E-state index contributed by atoms with van der Waals surface area (Å²) in [5, 5.41) is 0. The van der Waals surface area contributed by atoms with E-state index in [0.717, 1.165) is 6.54 Å². The zero-order chi connectivity index (χ0) is 9.97. The second kappa shape index (κ2) is 3.82. The van der Waals surface area contributed by atoms with Crippen LogP contribution in [0.4, 0.5) is 5.69 Å². The molecule has 2 rings (SSSR count). The number of carbonyl (C=O) groups is 1. The van der Waals surface area contributed by atoms with Crippen LogP contribution in [0, 0.1) is 0 Å². The fourth-order valence-electron chi connectivity index (χ4n) is 2.01. The molecule has 0 spiro atoms. The largest absolute Gasteiger partial charge is 0.368 e. The molecule has 1 fully saturated rings. The van der Waals surface area contributed by atoms with Gasteiger partial charge >= 0.3 is 0 Å². The van der Waals surface area contributed by atoms with Crippen LogP contribution in [-0.4, -0.2) is 18.4 Å². The third kappa shape index (κ3) is 1.79. The van der Waals surface area contributed by atoms with Crippen LogP contribution >= 0.6 is 0 Å². The quantitative estimate of drug-likeness (QED) is 0.675. The van der Waals surface area contributed by atoms with E-state index in [1.807, 2.05) is 18.2 Å². The smallest absolute Gasteiger partial charge is 0.136 e. The van der Waals surface area contributed by atoms with Crippen molar-refractivity contribution < 1.29 is 4.79 Å². The molecule has 1 aromatic rings. The van der Waals surface area contributed by atoms with Crippen molar-refractivity contribution in [2.45, 2.75) is 25.8 Å². The van der Waals surface area contributed by atoms with Gasteiger partial charge in [0.1, 0.15) is 5.78 Å². The van der Waals surface area contributed by atoms with Gasteiger partial charge in [-0.2, -0.15) is 0 Å². The van der Waals surface area contributed by atoms with E-state index in [4.69, 9.17) is 0 Å². The standard InChI is InChI=1S/C12H15NO/c1-10-9-12(14)7-8-13(10)11-5-3-2-4-6-11/h2-6,10H,7-9H2,1H3/t10-/m1/s1. The summed E-state index contributed by atoms with van der Waals surface area (Å²) in [4.78, 5) is 13.5. The lowest BCUT2D eigenvalue weighted by Crippen LogP contribution is -2.40. The van der Waals surface area contributed by atoms with Gasteiger partial charge in [0.05, 0.1) is 0 Å². The molecule has 2 heteroatoms. The molecule has 1 atom stereocenters. The lowest BCUT2D eigenvalue weighted by molar-refractivity contribution is -0.120. The van der Waals surface area contributed by atoms with Crippen LogP contribution in [0.5, 0.6) is 0 Å². The van der Waals surface area contributed by atoms with Gasteiger partial charge in [0.2, 0.25) is 0 Å². The lowest BCUT2D eigenvalue weighted by atomic mass is 10.0. The molecular formula is C12H15NO. The number of rotatable bonds is 1. The van der Waals surface area contributed by atoms with E-state index in [-0.39, 0.29) is 0 Å². The highest BCUT2D eigenvalue weighted by molar-refractivity contribution is 5.81. The van der Waals surface area contributed by atoms with Crippen LogP contribution in [-0.2, 0) is 4.79 Å². The van der Waals surface area contributed by atoms with Gasteiger partial charge in [0, 0.05) is 31.1 Å². The fraction of sp³-hybridized carbons (Fsp3) is 0.417. The Hall–Kier alpha value is -1.31. The van der Waals surface area contributed by atoms with Crippen LogP contribution < -0.4 is 4.90 Å². The average Bonchev–Trinajstić information content (AvgIpc) is 2.19. The predicted octanol–water partition coefficient (Wildman–Crippen LogP) is 2.24. The van der Waals surface area contributed by atoms with Gasteiger partial charge in [-0.15, -0.1) is 0 Å². The second-order valence-electron chi connectivity index (χ2n) is 3.87. The minimum absolute atomic E-state index is 0.346. The van der Waals surface area contributed by atoms with E-state index in [1.54, 1.807) is 0 Å². The fourth-order valence-corrected chi connectivity index (χ4v) is 2.01. The van der Waals surface area contributed by atoms with Crippen molar-refractivity contribution in [3.05, 3.63) is 30.3 Å². The van der Waals surface area contributed by atoms with Crippen molar-refractivity contribution in [3.8, 4) is 0 Å². The number of hydrogen-bond donors (Lipinski definition) is 0. The maximum absolute atomic E-state index is 11.2. The van der Waals surface area contributed by atoms with E-state index in [2.05, 4.69) is 24.0 Å². The van der Waals surface area contributed by atoms with Gasteiger partial charge in [-0.3, -0.25) is 4.79 Å². The summed E-state index contributed by atoms with van der Waals surface area (Å²) in [5.41, 5.74) is 1.23. The van der Waals surface area contributed by atoms with E-state index in [0.29, 0.717) is 24.7 Å². The Morgan fingerprint density at radius 3 is 2.64 bits per heavy atom. The first-order valence-corrected chi connectivity index (χ1v) is 5.11. The Bertz CT molecular complexity index is 320. The summed E-state index contributed by atoms with van der Waals surface area (Å²) in [7, 11) is 0. The summed E-state index contributed by atoms with van der Waals surface area (Å²) in [6.07, 6.45) is 1.38. The van der Waals surface area contributed by atoms with Gasteiger partial charge in [-0.25, -0.2) is 0 Å². The molecule has 0 amide bonds. The SMILES string of the molecule is C[C@@H]1CC(=O)CCN1c1ccccc1. The van der Waals surface area contributed by atoms with Gasteiger partial charge in [-0.1, -0.05) is 18.2 Å². The van der Waals surface area contributed by atoms with Crippen molar-refractivity contribution in [1.82, 2.24) is 0 Å². The minimum Gasteiger partial charge on any atom is -0.368 e. The maximum atomic E-state index is 11.2. The minimum atomic E-state index is 0.346. The zero-order valence-electron chi connectivity index (χ0n) is 8.44. The van der Waals surface area contributed by atoms with Gasteiger partial charge in [0.25, 0.3) is 0 Å². The van der Waals surface area contributed by atoms with Crippen molar-refractivity contribution in [2.75, 3.05) is 11.4 Å². The van der Waals surface area contributed by atoms with E-state index < -0.39 is 0 Å². The van der Waals surface area contributed by atoms with Crippen molar-refractivity contribution in [3.63, 3.8) is 0 Å². The molecule has 0 N–H and O–H groups in total. The maximum Gasteiger partial charge on any atom is 0.136 e. The summed E-state index contributed by atoms with van der Waals surface area (Å²) >= 11 is 0. The van der Waals surface area contributed by atoms with Crippen LogP contribution in [0.15, 0.2) is 30.3 Å². The van der Waals surface area contributed by atoms with Gasteiger partial charge in [-0.05, 0) is 19.1 Å². The van der Waals surface area contributed by atoms with E-state index in [9.17, 15) is 4.79 Å². The van der Waals surface area contributed by atoms with Crippen molar-refractivity contribution in [2.24, 2.45) is 0 Å². The predicted molar refractivity (Wildman–Crippen MR) is 57.5 cm³/mol. The summed E-state index contributed by atoms with van der Waals surface area (Å²) in [5.74, 6) is 0.393. The van der Waals surface area contributed by atoms with Crippen LogP contribution in [0.2, 0.25) is 0 Å². The van der Waals surface area contributed by atoms with Crippen molar-refractivity contribution >= 4 is 11.5 Å². The number of carbonyl (C=O) groups excluding carboxylic acids is 1. The first-order chi connectivity index (χ1) is 6.77. The van der Waals surface area contributed by atoms with Crippen LogP contribution in [0.25, 0.3) is 0 Å². The molecule has 14 heavy (non-hydrogen) atoms. The number of ketones is 1. The molecule has 1 saturated heterocycles. The summed E-state index contributed by atoms with van der Waals surface area (Å²) in [6.45, 7) is 2.98. The third-order valence-electron chi connectivity index (χ3n) is 2.77. The number of benzene rings is 1. The molecule has 1 heterocycles. The highest BCUT2D eigenvalue weighted by Crippen LogP contribution is 2.22. The van der Waals surface area contributed by atoms with E-state index in [1.165, 1.54) is 5.69 Å². The van der Waals surface area contributed by atoms with Gasteiger partial charge in [0.15, 0.2) is 0 Å². The molecule has 0 aromatic heterocycles. The zero-order valence-corrected chi connectivity index (χ0v) is 8.44. The normalized spacial score (nSPS) is 22.5. The number of hydrogen-bond acceptors (Lipinski definition) is 2. The molecule has 74 valence electrons. The number of para-hydroxylation sites is 1. The number of nitrogens with zero attached hydrogens (tertiary/aromatic N) is 1. The number of anilines is 1. The Kier molecular flexibility index (Phi) is 2.53. The Morgan fingerprint density at radius 1 is 1.29 bits per heavy atom. The molecule has 1 aromatic carbocycles. The average molecular weight is 189 g/mol. The molecule has 2 nitrogen and oxygen atoms in total. The Morgan fingerprint density at radius 2 is 2.00 bits per heavy atom. The summed E-state index contributed by atoms with van der Waals surface area (Å²) in [6, 6.07) is 10.7. The summed E-state index contributed by atoms with van der Waals surface area (Å²) < 4.78 is 0. The first kappa shape index (κ1) is 9.25. The number of Topliss-reactive ketones (excluding diaryl/α,β-unsaturated/α-hetero) is 1. The highest BCUT2D eigenvalue weighted by Gasteiger charge is 2.23. The molecule has 1 aliphatic rings. The molecule has 0 bridgehead atoms. The Balaban J connectivity index is 2.16.